The molecule has 1 atom stereocenters. The fourth-order valence-corrected chi connectivity index (χ4v) is 3.31. The van der Waals surface area contributed by atoms with E-state index in [4.69, 9.17) is 9.84 Å². The van der Waals surface area contributed by atoms with Gasteiger partial charge >= 0.3 is 12.1 Å². The summed E-state index contributed by atoms with van der Waals surface area (Å²) in [5.41, 5.74) is 0.132. The lowest BCUT2D eigenvalue weighted by molar-refractivity contribution is 0.0124. The molecule has 6 nitrogen and oxygen atoms in total. The minimum Gasteiger partial charge on any atom is -0.476 e. The van der Waals surface area contributed by atoms with E-state index in [1.165, 1.54) is 0 Å². The summed E-state index contributed by atoms with van der Waals surface area (Å²) in [7, 11) is 0. The van der Waals surface area contributed by atoms with Crippen LogP contribution in [-0.2, 0) is 11.3 Å². The Morgan fingerprint density at radius 1 is 1.43 bits per heavy atom. The number of fused-ring (bicyclic) bond motifs is 1. The van der Waals surface area contributed by atoms with Crippen LogP contribution >= 0.6 is 11.3 Å². The molecule has 1 aromatic rings. The smallest absolute Gasteiger partial charge is 0.411 e. The molecule has 7 heteroatoms. The van der Waals surface area contributed by atoms with Crippen molar-refractivity contribution in [2.24, 2.45) is 5.92 Å². The number of rotatable bonds is 2. The van der Waals surface area contributed by atoms with E-state index in [1.54, 1.807) is 4.90 Å². The fraction of sp³-hybridized carbons (Fsp3) is 0.643. The molecule has 0 spiro atoms. The van der Waals surface area contributed by atoms with E-state index in [-0.39, 0.29) is 23.1 Å². The zero-order valence-corrected chi connectivity index (χ0v) is 13.7. The number of aromatic carboxylic acids is 1. The Labute approximate surface area is 127 Å². The Kier molecular flexibility index (Phi) is 3.97. The van der Waals surface area contributed by atoms with E-state index in [2.05, 4.69) is 4.98 Å². The molecule has 1 N–H and O–H groups in total. The van der Waals surface area contributed by atoms with Gasteiger partial charge in [0.05, 0.1) is 23.2 Å². The van der Waals surface area contributed by atoms with Crippen LogP contribution in [0.25, 0.3) is 0 Å². The highest BCUT2D eigenvalue weighted by molar-refractivity contribution is 7.13. The maximum absolute atomic E-state index is 12.3. The van der Waals surface area contributed by atoms with Gasteiger partial charge in [0.15, 0.2) is 0 Å². The van der Waals surface area contributed by atoms with Crippen LogP contribution < -0.4 is 0 Å². The molecular weight excluding hydrogens is 292 g/mol. The fourth-order valence-electron chi connectivity index (χ4n) is 2.37. The van der Waals surface area contributed by atoms with Crippen molar-refractivity contribution in [1.29, 1.82) is 0 Å². The average Bonchev–Trinajstić information content (AvgIpc) is 2.81. The monoisotopic (exact) mass is 312 g/mol. The number of thiazole rings is 1. The summed E-state index contributed by atoms with van der Waals surface area (Å²) in [5, 5.41) is 9.12. The topological polar surface area (TPSA) is 79.7 Å². The Morgan fingerprint density at radius 2 is 2.05 bits per heavy atom. The second kappa shape index (κ2) is 5.29. The summed E-state index contributed by atoms with van der Waals surface area (Å²) in [6, 6.07) is -0.237. The van der Waals surface area contributed by atoms with Gasteiger partial charge in [-0.1, -0.05) is 13.8 Å². The predicted molar refractivity (Wildman–Crippen MR) is 78.4 cm³/mol. The Hall–Kier alpha value is -1.63. The van der Waals surface area contributed by atoms with Gasteiger partial charge in [-0.3, -0.25) is 4.90 Å². The number of hydrogen-bond donors (Lipinski definition) is 1. The van der Waals surface area contributed by atoms with Crippen LogP contribution in [0.3, 0.4) is 0 Å². The van der Waals surface area contributed by atoms with Crippen molar-refractivity contribution in [2.45, 2.75) is 52.8 Å². The quantitative estimate of drug-likeness (QED) is 0.906. The number of ether oxygens (including phenoxy) is 1. The number of carbonyl (C=O) groups excluding carboxylic acids is 1. The standard InChI is InChI=1S/C14H20N2O4S/c1-7(2)10-9-8(21-11(15-9)12(17)18)6-16(10)13(19)20-14(3,4)5/h7,10H,6H2,1-5H3,(H,17,18)/t10-/m0/s1. The molecule has 116 valence electrons. The molecule has 0 aliphatic carbocycles. The normalized spacial score (nSPS) is 18.0. The molecule has 0 aromatic carbocycles. The van der Waals surface area contributed by atoms with Gasteiger partial charge in [-0.2, -0.15) is 0 Å². The number of amides is 1. The molecule has 0 bridgehead atoms. The second-order valence-electron chi connectivity index (χ2n) is 6.43. The minimum atomic E-state index is -1.03. The number of hydrogen-bond acceptors (Lipinski definition) is 5. The van der Waals surface area contributed by atoms with Gasteiger partial charge in [0.25, 0.3) is 0 Å². The third kappa shape index (κ3) is 3.18. The average molecular weight is 312 g/mol. The number of nitrogens with zero attached hydrogens (tertiary/aromatic N) is 2. The lowest BCUT2D eigenvalue weighted by Gasteiger charge is -2.30. The Balaban J connectivity index is 2.28. The second-order valence-corrected chi connectivity index (χ2v) is 7.51. The van der Waals surface area contributed by atoms with E-state index in [0.717, 1.165) is 16.2 Å². The van der Waals surface area contributed by atoms with Crippen molar-refractivity contribution < 1.29 is 19.4 Å². The molecule has 1 aliphatic heterocycles. The molecule has 0 unspecified atom stereocenters. The third-order valence-electron chi connectivity index (χ3n) is 3.10. The van der Waals surface area contributed by atoms with Crippen molar-refractivity contribution in [3.8, 4) is 0 Å². The highest BCUT2D eigenvalue weighted by Crippen LogP contribution is 2.41. The van der Waals surface area contributed by atoms with Crippen LogP contribution in [0.5, 0.6) is 0 Å². The number of carboxylic acids is 1. The predicted octanol–water partition coefficient (Wildman–Crippen LogP) is 3.29. The van der Waals surface area contributed by atoms with Crippen LogP contribution in [-0.4, -0.2) is 32.7 Å². The maximum atomic E-state index is 12.3. The largest absolute Gasteiger partial charge is 0.476 e. The molecule has 2 rings (SSSR count). The van der Waals surface area contributed by atoms with Crippen molar-refractivity contribution in [3.63, 3.8) is 0 Å². The van der Waals surface area contributed by atoms with Crippen LogP contribution in [0.1, 0.15) is 61.0 Å². The third-order valence-corrected chi connectivity index (χ3v) is 4.14. The summed E-state index contributed by atoms with van der Waals surface area (Å²) >= 11 is 1.13. The van der Waals surface area contributed by atoms with E-state index >= 15 is 0 Å². The first-order valence-electron chi connectivity index (χ1n) is 6.82. The van der Waals surface area contributed by atoms with Crippen LogP contribution in [0.15, 0.2) is 0 Å². The van der Waals surface area contributed by atoms with Gasteiger partial charge in [-0.15, -0.1) is 11.3 Å². The van der Waals surface area contributed by atoms with Crippen LogP contribution in [0, 0.1) is 5.92 Å². The maximum Gasteiger partial charge on any atom is 0.411 e. The van der Waals surface area contributed by atoms with Crippen molar-refractivity contribution in [2.75, 3.05) is 0 Å². The highest BCUT2D eigenvalue weighted by atomic mass is 32.1. The van der Waals surface area contributed by atoms with Crippen LogP contribution in [0.2, 0.25) is 0 Å². The van der Waals surface area contributed by atoms with Gasteiger partial charge < -0.3 is 9.84 Å². The van der Waals surface area contributed by atoms with Crippen molar-refractivity contribution in [1.82, 2.24) is 9.88 Å². The summed E-state index contributed by atoms with van der Waals surface area (Å²) in [4.78, 5) is 30.0. The zero-order valence-electron chi connectivity index (χ0n) is 12.8. The van der Waals surface area contributed by atoms with E-state index in [1.807, 2.05) is 34.6 Å². The lowest BCUT2D eigenvalue weighted by atomic mass is 10.0. The molecule has 2 heterocycles. The van der Waals surface area contributed by atoms with Gasteiger partial charge in [0.2, 0.25) is 5.01 Å². The number of carboxylic acid groups (broad SMARTS) is 1. The summed E-state index contributed by atoms with van der Waals surface area (Å²) in [6.45, 7) is 9.79. The van der Waals surface area contributed by atoms with Gasteiger partial charge in [-0.25, -0.2) is 14.6 Å². The van der Waals surface area contributed by atoms with Crippen molar-refractivity contribution >= 4 is 23.4 Å². The molecule has 0 radical (unpaired) electrons. The van der Waals surface area contributed by atoms with E-state index in [0.29, 0.717) is 12.2 Å². The lowest BCUT2D eigenvalue weighted by Crippen LogP contribution is -2.37. The van der Waals surface area contributed by atoms with E-state index < -0.39 is 11.6 Å². The minimum absolute atomic E-state index is 0.0782. The first-order valence-corrected chi connectivity index (χ1v) is 7.64. The number of carbonyl (C=O) groups is 2. The summed E-state index contributed by atoms with van der Waals surface area (Å²) in [6.07, 6.45) is -0.386. The van der Waals surface area contributed by atoms with Gasteiger partial charge in [-0.05, 0) is 26.7 Å². The van der Waals surface area contributed by atoms with Gasteiger partial charge in [0.1, 0.15) is 5.60 Å². The molecule has 0 saturated carbocycles. The Bertz CT molecular complexity index is 574. The molecule has 1 amide bonds. The molecular formula is C14H20N2O4S. The summed E-state index contributed by atoms with van der Waals surface area (Å²) < 4.78 is 5.43. The number of aromatic nitrogens is 1. The molecule has 1 aliphatic rings. The van der Waals surface area contributed by atoms with Gasteiger partial charge in [0, 0.05) is 0 Å². The molecule has 21 heavy (non-hydrogen) atoms. The first-order chi connectivity index (χ1) is 9.60. The SMILES string of the molecule is CC(C)[C@H]1c2nc(C(=O)O)sc2CN1C(=O)OC(C)(C)C. The Morgan fingerprint density at radius 3 is 2.52 bits per heavy atom. The highest BCUT2D eigenvalue weighted by Gasteiger charge is 2.41. The zero-order chi connectivity index (χ0) is 15.9. The molecule has 0 saturated heterocycles. The van der Waals surface area contributed by atoms with E-state index in [9.17, 15) is 9.59 Å². The first kappa shape index (κ1) is 15.8. The van der Waals surface area contributed by atoms with Crippen molar-refractivity contribution in [3.05, 3.63) is 15.6 Å². The molecule has 0 fully saturated rings. The molecule has 1 aromatic heterocycles. The van der Waals surface area contributed by atoms with Crippen LogP contribution in [0.4, 0.5) is 4.79 Å². The summed E-state index contributed by atoms with van der Waals surface area (Å²) in [5.74, 6) is -0.900.